The first-order chi connectivity index (χ1) is 19.1. The molecular weight excluding hydrogens is 510 g/mol. The number of nitrogens with zero attached hydrogens (tertiary/aromatic N) is 3. The number of ether oxygens (including phenoxy) is 2. The second-order valence-electron chi connectivity index (χ2n) is 11.4. The predicted molar refractivity (Wildman–Crippen MR) is 150 cm³/mol. The van der Waals surface area contributed by atoms with E-state index in [1.54, 1.807) is 34.1 Å². The van der Waals surface area contributed by atoms with Crippen LogP contribution in [0.4, 0.5) is 9.59 Å². The van der Waals surface area contributed by atoms with Gasteiger partial charge in [-0.15, -0.1) is 0 Å². The SMILES string of the molecule is CC(C)(C)OC(=O)N(CCCCN1C(=O)c2ccccc2C1=O)CC1CCN(C(=O)OCc2ccccc2)CC1. The van der Waals surface area contributed by atoms with Crippen molar-refractivity contribution in [3.8, 4) is 0 Å². The summed E-state index contributed by atoms with van der Waals surface area (Å²) in [6, 6.07) is 16.4. The maximum absolute atomic E-state index is 13.0. The fourth-order valence-electron chi connectivity index (χ4n) is 5.02. The number of piperidine rings is 1. The van der Waals surface area contributed by atoms with Crippen molar-refractivity contribution >= 4 is 24.0 Å². The Bertz CT molecular complexity index is 1170. The number of carbonyl (C=O) groups is 4. The molecule has 4 amide bonds. The van der Waals surface area contributed by atoms with Crippen LogP contribution < -0.4 is 0 Å². The van der Waals surface area contributed by atoms with E-state index in [-0.39, 0.29) is 36.5 Å². The summed E-state index contributed by atoms with van der Waals surface area (Å²) in [5.41, 5.74) is 1.21. The van der Waals surface area contributed by atoms with Crippen molar-refractivity contribution in [3.05, 3.63) is 71.3 Å². The summed E-state index contributed by atoms with van der Waals surface area (Å²) in [4.78, 5) is 55.6. The molecule has 2 aromatic rings. The number of hydrogen-bond acceptors (Lipinski definition) is 6. The molecule has 0 aromatic heterocycles. The van der Waals surface area contributed by atoms with Gasteiger partial charge >= 0.3 is 12.2 Å². The van der Waals surface area contributed by atoms with E-state index >= 15 is 0 Å². The van der Waals surface area contributed by atoms with Gasteiger partial charge in [0.1, 0.15) is 12.2 Å². The molecule has 0 bridgehead atoms. The number of hydrogen-bond donors (Lipinski definition) is 0. The smallest absolute Gasteiger partial charge is 0.410 e. The number of carbonyl (C=O) groups excluding carboxylic acids is 4. The first-order valence-electron chi connectivity index (χ1n) is 14.0. The molecule has 9 heteroatoms. The van der Waals surface area contributed by atoms with Crippen LogP contribution in [0.15, 0.2) is 54.6 Å². The molecule has 1 saturated heterocycles. The van der Waals surface area contributed by atoms with E-state index in [4.69, 9.17) is 9.47 Å². The number of fused-ring (bicyclic) bond motifs is 1. The highest BCUT2D eigenvalue weighted by molar-refractivity contribution is 6.21. The van der Waals surface area contributed by atoms with Gasteiger partial charge in [-0.05, 0) is 70.1 Å². The van der Waals surface area contributed by atoms with Crippen LogP contribution in [0.5, 0.6) is 0 Å². The zero-order valence-electron chi connectivity index (χ0n) is 23.6. The fourth-order valence-corrected chi connectivity index (χ4v) is 5.02. The molecule has 2 aromatic carbocycles. The topological polar surface area (TPSA) is 96.5 Å². The van der Waals surface area contributed by atoms with Crippen molar-refractivity contribution in [3.63, 3.8) is 0 Å². The Kier molecular flexibility index (Phi) is 9.45. The molecule has 0 aliphatic carbocycles. The first-order valence-corrected chi connectivity index (χ1v) is 14.0. The summed E-state index contributed by atoms with van der Waals surface area (Å²) in [5.74, 6) is -0.306. The third kappa shape index (κ3) is 7.61. The number of benzene rings is 2. The van der Waals surface area contributed by atoms with E-state index in [9.17, 15) is 19.2 Å². The van der Waals surface area contributed by atoms with Gasteiger partial charge in [0.05, 0.1) is 11.1 Å². The Morgan fingerprint density at radius 3 is 2.10 bits per heavy atom. The standard InChI is InChI=1S/C31H39N3O6/c1-31(2,3)40-30(38)33(17-9-10-18-34-27(35)25-13-7-8-14-26(25)28(34)36)21-23-15-19-32(20-16-23)29(37)39-22-24-11-5-4-6-12-24/h4-8,11-14,23H,9-10,15-22H2,1-3H3. The van der Waals surface area contributed by atoms with Gasteiger partial charge in [0.15, 0.2) is 0 Å². The van der Waals surface area contributed by atoms with Gasteiger partial charge in [-0.3, -0.25) is 14.5 Å². The highest BCUT2D eigenvalue weighted by Gasteiger charge is 2.35. The lowest BCUT2D eigenvalue weighted by Crippen LogP contribution is -2.44. The van der Waals surface area contributed by atoms with E-state index in [0.29, 0.717) is 56.7 Å². The number of rotatable bonds is 9. The van der Waals surface area contributed by atoms with Crippen molar-refractivity contribution < 1.29 is 28.7 Å². The zero-order valence-corrected chi connectivity index (χ0v) is 23.6. The van der Waals surface area contributed by atoms with Gasteiger partial charge in [-0.1, -0.05) is 42.5 Å². The minimum absolute atomic E-state index is 0.224. The molecule has 0 spiro atoms. The Balaban J connectivity index is 1.25. The second-order valence-corrected chi connectivity index (χ2v) is 11.4. The molecule has 0 saturated carbocycles. The van der Waals surface area contributed by atoms with Crippen molar-refractivity contribution in [2.75, 3.05) is 32.7 Å². The van der Waals surface area contributed by atoms with E-state index in [1.165, 1.54) is 4.90 Å². The van der Waals surface area contributed by atoms with E-state index < -0.39 is 5.60 Å². The number of imide groups is 1. The third-order valence-corrected chi connectivity index (χ3v) is 7.15. The Labute approximate surface area is 236 Å². The van der Waals surface area contributed by atoms with Crippen LogP contribution in [0.2, 0.25) is 0 Å². The summed E-state index contributed by atoms with van der Waals surface area (Å²) in [7, 11) is 0. The van der Waals surface area contributed by atoms with Crippen molar-refractivity contribution in [2.45, 2.75) is 58.7 Å². The molecule has 9 nitrogen and oxygen atoms in total. The maximum atomic E-state index is 13.0. The molecule has 0 N–H and O–H groups in total. The fraction of sp³-hybridized carbons (Fsp3) is 0.484. The molecule has 214 valence electrons. The molecule has 2 aliphatic rings. The van der Waals surface area contributed by atoms with Crippen LogP contribution in [0, 0.1) is 5.92 Å². The third-order valence-electron chi connectivity index (χ3n) is 7.15. The van der Waals surface area contributed by atoms with Crippen LogP contribution >= 0.6 is 0 Å². The predicted octanol–water partition coefficient (Wildman–Crippen LogP) is 5.35. The average molecular weight is 550 g/mol. The highest BCUT2D eigenvalue weighted by atomic mass is 16.6. The lowest BCUT2D eigenvalue weighted by Gasteiger charge is -2.35. The number of amides is 4. The van der Waals surface area contributed by atoms with Gasteiger partial charge < -0.3 is 19.3 Å². The Morgan fingerprint density at radius 1 is 0.900 bits per heavy atom. The minimum atomic E-state index is -0.624. The van der Waals surface area contributed by atoms with Gasteiger partial charge in [0.25, 0.3) is 11.8 Å². The molecule has 2 aliphatic heterocycles. The van der Waals surface area contributed by atoms with Gasteiger partial charge in [-0.25, -0.2) is 9.59 Å². The molecule has 0 unspecified atom stereocenters. The molecule has 0 atom stereocenters. The second kappa shape index (κ2) is 13.0. The monoisotopic (exact) mass is 549 g/mol. The number of unbranched alkanes of at least 4 members (excludes halogenated alkanes) is 1. The summed E-state index contributed by atoms with van der Waals surface area (Å²) in [6.45, 7) is 8.18. The Morgan fingerprint density at radius 2 is 1.50 bits per heavy atom. The first kappa shape index (κ1) is 29.1. The molecular formula is C31H39N3O6. The largest absolute Gasteiger partial charge is 0.445 e. The van der Waals surface area contributed by atoms with Gasteiger partial charge in [-0.2, -0.15) is 0 Å². The summed E-state index contributed by atoms with van der Waals surface area (Å²) < 4.78 is 11.1. The van der Waals surface area contributed by atoms with E-state index in [1.807, 2.05) is 51.1 Å². The van der Waals surface area contributed by atoms with Crippen LogP contribution in [-0.4, -0.2) is 77.0 Å². The summed E-state index contributed by atoms with van der Waals surface area (Å²) >= 11 is 0. The van der Waals surface area contributed by atoms with Gasteiger partial charge in [0.2, 0.25) is 0 Å². The summed E-state index contributed by atoms with van der Waals surface area (Å²) in [6.07, 6.45) is 2.02. The van der Waals surface area contributed by atoms with Crippen molar-refractivity contribution in [1.29, 1.82) is 0 Å². The lowest BCUT2D eigenvalue weighted by atomic mass is 9.96. The van der Waals surface area contributed by atoms with E-state index in [0.717, 1.165) is 18.4 Å². The minimum Gasteiger partial charge on any atom is -0.445 e. The molecule has 4 rings (SSSR count). The van der Waals surface area contributed by atoms with Crippen LogP contribution in [-0.2, 0) is 16.1 Å². The number of likely N-dealkylation sites (tertiary alicyclic amines) is 1. The van der Waals surface area contributed by atoms with Crippen LogP contribution in [0.3, 0.4) is 0 Å². The zero-order chi connectivity index (χ0) is 28.7. The molecule has 2 heterocycles. The van der Waals surface area contributed by atoms with Crippen LogP contribution in [0.1, 0.15) is 72.7 Å². The molecule has 0 radical (unpaired) electrons. The summed E-state index contributed by atoms with van der Waals surface area (Å²) in [5, 5.41) is 0. The normalized spacial score (nSPS) is 15.7. The van der Waals surface area contributed by atoms with Crippen LogP contribution in [0.25, 0.3) is 0 Å². The molecule has 1 fully saturated rings. The highest BCUT2D eigenvalue weighted by Crippen LogP contribution is 2.24. The maximum Gasteiger partial charge on any atom is 0.410 e. The average Bonchev–Trinajstić information content (AvgIpc) is 3.18. The van der Waals surface area contributed by atoms with Crippen molar-refractivity contribution in [2.24, 2.45) is 5.92 Å². The van der Waals surface area contributed by atoms with Gasteiger partial charge in [0, 0.05) is 32.7 Å². The van der Waals surface area contributed by atoms with Crippen molar-refractivity contribution in [1.82, 2.24) is 14.7 Å². The van der Waals surface area contributed by atoms with E-state index in [2.05, 4.69) is 0 Å². The lowest BCUT2D eigenvalue weighted by molar-refractivity contribution is 0.0182. The Hall–Kier alpha value is -3.88. The molecule has 40 heavy (non-hydrogen) atoms. The quantitative estimate of drug-likeness (QED) is 0.309.